The number of nitrogens with two attached hydrogens (primary N) is 5. The van der Waals surface area contributed by atoms with Crippen molar-refractivity contribution in [2.75, 3.05) is 13.2 Å². The predicted molar refractivity (Wildman–Crippen MR) is 267 cm³/mol. The minimum atomic E-state index is -1.89. The summed E-state index contributed by atoms with van der Waals surface area (Å²) in [7, 11) is 0. The molecule has 1 fully saturated rings. The number of phenols is 1. The van der Waals surface area contributed by atoms with E-state index in [0.717, 1.165) is 37.0 Å². The Labute approximate surface area is 434 Å². The van der Waals surface area contributed by atoms with Crippen molar-refractivity contribution in [3.05, 3.63) is 29.8 Å². The van der Waals surface area contributed by atoms with Gasteiger partial charge in [0, 0.05) is 19.4 Å². The first-order valence-electron chi connectivity index (χ1n) is 25.1. The van der Waals surface area contributed by atoms with Crippen LogP contribution >= 0.6 is 0 Å². The molecule has 0 bridgehead atoms. The van der Waals surface area contributed by atoms with Crippen molar-refractivity contribution >= 4 is 70.9 Å². The molecule has 0 saturated carbocycles. The number of aliphatic hydroxyl groups excluding tert-OH is 1. The Bertz CT molecular complexity index is 2150. The summed E-state index contributed by atoms with van der Waals surface area (Å²) >= 11 is 0. The van der Waals surface area contributed by atoms with E-state index < -0.39 is 158 Å². The first kappa shape index (κ1) is 63.7. The summed E-state index contributed by atoms with van der Waals surface area (Å²) in [4.78, 5) is 157. The van der Waals surface area contributed by atoms with Crippen LogP contribution in [-0.4, -0.2) is 153 Å². The monoisotopic (exact) mass is 1060 g/mol. The number of carbonyl (C=O) groups is 12. The number of nitrogens with zero attached hydrogens (tertiary/aromatic N) is 1. The maximum absolute atomic E-state index is 14.2. The number of unbranched alkanes of at least 4 members (excludes halogenated alkanes) is 9. The van der Waals surface area contributed by atoms with Crippen molar-refractivity contribution in [2.45, 2.75) is 177 Å². The molecule has 27 heteroatoms. The highest BCUT2D eigenvalue weighted by molar-refractivity contribution is 6.00. The third-order valence-corrected chi connectivity index (χ3v) is 12.3. The first-order valence-corrected chi connectivity index (χ1v) is 25.1. The molecule has 1 aliphatic heterocycles. The van der Waals surface area contributed by atoms with Crippen LogP contribution < -0.4 is 60.6 Å². The molecule has 418 valence electrons. The number of aromatic hydroxyl groups is 1. The summed E-state index contributed by atoms with van der Waals surface area (Å²) in [5.74, 6) is -13.3. The van der Waals surface area contributed by atoms with Gasteiger partial charge in [0.1, 0.15) is 48.0 Å². The number of aliphatic hydroxyl groups is 1. The number of primary amides is 4. The van der Waals surface area contributed by atoms with Crippen LogP contribution in [0.25, 0.3) is 0 Å². The molecule has 0 aliphatic carbocycles. The standard InChI is InChI=1S/C48H76N12O15/c1-2-3-4-5-6-7-8-9-10-11-13-29(49)41(67)55-32(23-38(51)64)44(70)56-31(22-27-15-17-28(62)18-16-27)42(68)57-33(24-39(52)65)43(69)54-30(19-20-37(50)63)47(73)60-21-12-14-36(60)46(72)58-34(25-40(53)66)45(71)59-35(26-61)48(74)75/h15-18,29-36,61-62H,2-14,19-26,49H2,1H3,(H2,50,63)(H2,51,64)(H2,52,65)(H2,53,66)(H,54,69)(H,55,67)(H,56,70)(H,57,68)(H,58,72)(H,59,71)(H,74,75)/t29-,30+,31-,32+,33-,34-,35+,36+/m1/s1. The van der Waals surface area contributed by atoms with Gasteiger partial charge >= 0.3 is 5.97 Å². The number of benzene rings is 1. The predicted octanol–water partition coefficient (Wildman–Crippen LogP) is -3.56. The highest BCUT2D eigenvalue weighted by Crippen LogP contribution is 2.21. The SMILES string of the molecule is CCCCCCCCCCCC[C@@H](N)C(=O)N[C@@H](CC(N)=O)C(=O)N[C@H](Cc1ccc(O)cc1)C(=O)N[C@H](CC(N)=O)C(=O)N[C@@H](CCC(N)=O)C(=O)N1CCC[C@H]1C(=O)N[C@H](CC(N)=O)C(=O)N[C@@H](CO)C(=O)O. The summed E-state index contributed by atoms with van der Waals surface area (Å²) < 4.78 is 0. The number of hydrogen-bond acceptors (Lipinski definition) is 15. The summed E-state index contributed by atoms with van der Waals surface area (Å²) in [6, 6.07) is -7.49. The highest BCUT2D eigenvalue weighted by Gasteiger charge is 2.41. The van der Waals surface area contributed by atoms with E-state index in [9.17, 15) is 72.9 Å². The summed E-state index contributed by atoms with van der Waals surface area (Å²) in [6.45, 7) is 0.992. The van der Waals surface area contributed by atoms with Gasteiger partial charge in [-0.3, -0.25) is 52.7 Å². The molecule has 1 aliphatic rings. The molecule has 2 rings (SSSR count). The molecule has 0 radical (unpaired) electrons. The van der Waals surface area contributed by atoms with Gasteiger partial charge in [-0.25, -0.2) is 4.79 Å². The van der Waals surface area contributed by atoms with E-state index in [1.807, 2.05) is 5.32 Å². The molecule has 1 heterocycles. The van der Waals surface area contributed by atoms with E-state index in [0.29, 0.717) is 12.0 Å². The fourth-order valence-electron chi connectivity index (χ4n) is 8.16. The Hall–Kier alpha value is -7.42. The van der Waals surface area contributed by atoms with Crippen molar-refractivity contribution in [3.63, 3.8) is 0 Å². The quantitative estimate of drug-likeness (QED) is 0.0287. The number of rotatable bonds is 37. The smallest absolute Gasteiger partial charge is 0.328 e. The molecule has 1 aromatic rings. The Morgan fingerprint density at radius 3 is 1.49 bits per heavy atom. The number of amides is 11. The van der Waals surface area contributed by atoms with Gasteiger partial charge in [0.05, 0.1) is 31.9 Å². The van der Waals surface area contributed by atoms with Gasteiger partial charge in [0.2, 0.25) is 65.0 Å². The fraction of sp³-hybridized carbons (Fsp3) is 0.625. The van der Waals surface area contributed by atoms with E-state index in [-0.39, 0.29) is 38.0 Å². The minimum absolute atomic E-state index is 0.0297. The summed E-state index contributed by atoms with van der Waals surface area (Å²) in [5, 5.41) is 42.3. The number of carboxylic acids is 1. The zero-order chi connectivity index (χ0) is 56.2. The molecule has 0 aromatic heterocycles. The lowest BCUT2D eigenvalue weighted by molar-refractivity contribution is -0.144. The fourth-order valence-corrected chi connectivity index (χ4v) is 8.16. The summed E-state index contributed by atoms with van der Waals surface area (Å²) in [5.41, 5.74) is 28.1. The average molecular weight is 1060 g/mol. The molecule has 0 spiro atoms. The Kier molecular flexibility index (Phi) is 28.4. The maximum Gasteiger partial charge on any atom is 0.328 e. The molecule has 11 amide bonds. The van der Waals surface area contributed by atoms with Crippen molar-refractivity contribution in [1.29, 1.82) is 0 Å². The van der Waals surface area contributed by atoms with Crippen LogP contribution in [-0.2, 0) is 64.0 Å². The van der Waals surface area contributed by atoms with Gasteiger partial charge in [0.15, 0.2) is 0 Å². The highest BCUT2D eigenvalue weighted by atomic mass is 16.4. The molecule has 1 aromatic carbocycles. The van der Waals surface area contributed by atoms with Gasteiger partial charge in [-0.15, -0.1) is 0 Å². The van der Waals surface area contributed by atoms with Crippen LogP contribution in [0.1, 0.15) is 128 Å². The normalized spacial score (nSPS) is 15.8. The molecule has 1 saturated heterocycles. The maximum atomic E-state index is 14.2. The third kappa shape index (κ3) is 24.0. The lowest BCUT2D eigenvalue weighted by atomic mass is 10.0. The topological polar surface area (TPSA) is 471 Å². The zero-order valence-electron chi connectivity index (χ0n) is 42.4. The molecular formula is C48H76N12O15. The number of likely N-dealkylation sites (tertiary alicyclic amines) is 1. The third-order valence-electron chi connectivity index (χ3n) is 12.3. The van der Waals surface area contributed by atoms with Crippen molar-refractivity contribution in [2.24, 2.45) is 28.7 Å². The number of carbonyl (C=O) groups excluding carboxylic acids is 11. The van der Waals surface area contributed by atoms with Crippen LogP contribution in [0.5, 0.6) is 5.75 Å². The first-order chi connectivity index (χ1) is 35.5. The Balaban J connectivity index is 2.35. The van der Waals surface area contributed by atoms with Crippen LogP contribution in [0, 0.1) is 0 Å². The van der Waals surface area contributed by atoms with Crippen molar-refractivity contribution in [3.8, 4) is 5.75 Å². The molecule has 27 nitrogen and oxygen atoms in total. The second-order valence-electron chi connectivity index (χ2n) is 18.5. The number of phenolic OH excluding ortho intramolecular Hbond substituents is 1. The van der Waals surface area contributed by atoms with Gasteiger partial charge in [-0.2, -0.15) is 0 Å². The lowest BCUT2D eigenvalue weighted by Crippen LogP contribution is -2.61. The van der Waals surface area contributed by atoms with Crippen molar-refractivity contribution < 1.29 is 72.9 Å². The number of carboxylic acid groups (broad SMARTS) is 1. The number of nitrogens with one attached hydrogen (secondary N) is 6. The van der Waals surface area contributed by atoms with E-state index in [4.69, 9.17) is 28.7 Å². The average Bonchev–Trinajstić information content (AvgIpc) is 3.84. The van der Waals surface area contributed by atoms with E-state index >= 15 is 0 Å². The van der Waals surface area contributed by atoms with Crippen LogP contribution in [0.2, 0.25) is 0 Å². The summed E-state index contributed by atoms with van der Waals surface area (Å²) in [6.07, 6.45) is 7.15. The van der Waals surface area contributed by atoms with Crippen LogP contribution in [0.3, 0.4) is 0 Å². The Morgan fingerprint density at radius 1 is 0.573 bits per heavy atom. The zero-order valence-corrected chi connectivity index (χ0v) is 42.4. The molecular weight excluding hydrogens is 985 g/mol. The van der Waals surface area contributed by atoms with E-state index in [1.54, 1.807) is 0 Å². The number of hydrogen-bond donors (Lipinski definition) is 14. The molecule has 0 unspecified atom stereocenters. The van der Waals surface area contributed by atoms with Gasteiger partial charge < -0.3 is 80.8 Å². The second-order valence-corrected chi connectivity index (χ2v) is 18.5. The molecule has 75 heavy (non-hydrogen) atoms. The molecule has 8 atom stereocenters. The van der Waals surface area contributed by atoms with E-state index in [1.165, 1.54) is 49.9 Å². The number of aliphatic carboxylic acids is 1. The minimum Gasteiger partial charge on any atom is -0.508 e. The molecule has 19 N–H and O–H groups in total. The van der Waals surface area contributed by atoms with Crippen LogP contribution in [0.15, 0.2) is 24.3 Å². The lowest BCUT2D eigenvalue weighted by Gasteiger charge is -2.31. The Morgan fingerprint density at radius 2 is 1.01 bits per heavy atom. The van der Waals surface area contributed by atoms with Gasteiger partial charge in [-0.05, 0) is 43.4 Å². The second kappa shape index (κ2) is 33.4. The van der Waals surface area contributed by atoms with Crippen LogP contribution in [0.4, 0.5) is 0 Å². The largest absolute Gasteiger partial charge is 0.508 e. The van der Waals surface area contributed by atoms with Gasteiger partial charge in [0.25, 0.3) is 0 Å². The van der Waals surface area contributed by atoms with E-state index in [2.05, 4.69) is 33.5 Å². The van der Waals surface area contributed by atoms with Crippen molar-refractivity contribution in [1.82, 2.24) is 36.8 Å². The van der Waals surface area contributed by atoms with Gasteiger partial charge in [-0.1, -0.05) is 83.3 Å².